The Kier molecular flexibility index (Phi) is 6.95. The molecule has 1 fully saturated rings. The van der Waals surface area contributed by atoms with Crippen LogP contribution in [0.5, 0.6) is 0 Å². The third kappa shape index (κ3) is 4.05. The number of amides is 1. The molecule has 1 aliphatic rings. The van der Waals surface area contributed by atoms with Gasteiger partial charge in [-0.1, -0.05) is 0 Å². The first-order valence-electron chi connectivity index (χ1n) is 9.70. The molecule has 5 heteroatoms. The van der Waals surface area contributed by atoms with Gasteiger partial charge in [0.05, 0.1) is 0 Å². The zero-order chi connectivity index (χ0) is 20.4. The normalized spacial score (nSPS) is 18.5. The number of hydrogen-bond donors (Lipinski definition) is 0. The van der Waals surface area contributed by atoms with Crippen molar-refractivity contribution in [2.24, 2.45) is 0 Å². The quantitative estimate of drug-likeness (QED) is 0.426. The van der Waals surface area contributed by atoms with Crippen molar-refractivity contribution < 1.29 is 23.0 Å². The van der Waals surface area contributed by atoms with Crippen LogP contribution in [0.2, 0.25) is 0 Å². The fraction of sp³-hybridized carbons (Fsp3) is 0.391. The van der Waals surface area contributed by atoms with E-state index in [1.54, 1.807) is 0 Å². The zero-order valence-corrected chi connectivity index (χ0v) is 20.0. The summed E-state index contributed by atoms with van der Waals surface area (Å²) in [6, 6.07) is 16.8. The van der Waals surface area contributed by atoms with Crippen LogP contribution in [0.1, 0.15) is 69.2 Å². The topological polar surface area (TPSA) is 23.6 Å². The number of benzene rings is 2. The number of carbonyl (C=O) groups is 1. The van der Waals surface area contributed by atoms with Gasteiger partial charge in [0.25, 0.3) is 0 Å². The summed E-state index contributed by atoms with van der Waals surface area (Å²) in [5, 5.41) is 0. The van der Waals surface area contributed by atoms with Crippen molar-refractivity contribution in [2.75, 3.05) is 11.4 Å². The van der Waals surface area contributed by atoms with E-state index in [9.17, 15) is 4.79 Å². The van der Waals surface area contributed by atoms with Crippen molar-refractivity contribution in [1.82, 2.24) is 4.90 Å². The van der Waals surface area contributed by atoms with E-state index >= 15 is 0 Å². The van der Waals surface area contributed by atoms with Crippen LogP contribution >= 0.6 is 9.19 Å². The number of halogens is 1. The van der Waals surface area contributed by atoms with E-state index in [4.69, 9.17) is 9.19 Å². The molecule has 0 saturated carbocycles. The predicted octanol–water partition coefficient (Wildman–Crippen LogP) is 5.67. The number of anilines is 1. The Balaban J connectivity index is 2.10. The standard InChI is InChI=1S/C23H28N2O.Au.ClH/c1-16(2)20-12-9-13-21(17(3)4)23(20)25-15-24(14-22(25)26)18(5)19-10-7-6-8-11-19;;/h6-13,16-18H,14H2,1-5H3;;1H/q;+1;/p-1. The first-order valence-corrected chi connectivity index (χ1v) is 13.5. The van der Waals surface area contributed by atoms with Crippen molar-refractivity contribution in [3.63, 3.8) is 0 Å². The Morgan fingerprint density at radius 1 is 0.893 bits per heavy atom. The van der Waals surface area contributed by atoms with Crippen molar-refractivity contribution in [1.29, 1.82) is 0 Å². The van der Waals surface area contributed by atoms with Gasteiger partial charge in [-0.2, -0.15) is 0 Å². The van der Waals surface area contributed by atoms with Crippen LogP contribution in [0.4, 0.5) is 5.69 Å². The SMILES string of the molecule is CC(C)c1cccc(C(C)C)c1N1C(=O)CN(C(C)c2ccccc2)[C]1=[Au][Cl]. The molecule has 0 bridgehead atoms. The second-order valence-corrected chi connectivity index (χ2v) is 10.1. The van der Waals surface area contributed by atoms with E-state index in [0.717, 1.165) is 9.66 Å². The number of rotatable bonds is 5. The molecule has 0 aliphatic carbocycles. The molecule has 1 aliphatic heterocycles. The third-order valence-corrected chi connectivity index (χ3v) is 7.61. The maximum absolute atomic E-state index is 13.3. The fourth-order valence-corrected chi connectivity index (χ4v) is 6.20. The van der Waals surface area contributed by atoms with Gasteiger partial charge in [-0.3, -0.25) is 0 Å². The summed E-state index contributed by atoms with van der Waals surface area (Å²) in [5.74, 6) is 0.773. The molecule has 1 saturated heterocycles. The fourth-order valence-electron chi connectivity index (χ4n) is 3.73. The van der Waals surface area contributed by atoms with E-state index in [-0.39, 0.29) is 11.9 Å². The number of para-hydroxylation sites is 1. The molecule has 2 aromatic carbocycles. The molecule has 1 heterocycles. The van der Waals surface area contributed by atoms with Crippen LogP contribution in [0.15, 0.2) is 48.5 Å². The molecular weight excluding hydrogens is 553 g/mol. The first kappa shape index (κ1) is 21.5. The molecule has 3 nitrogen and oxygen atoms in total. The molecule has 0 N–H and O–H groups in total. The van der Waals surface area contributed by atoms with Crippen LogP contribution in [-0.4, -0.2) is 21.3 Å². The monoisotopic (exact) mass is 580 g/mol. The van der Waals surface area contributed by atoms with Gasteiger partial charge in [-0.05, 0) is 0 Å². The van der Waals surface area contributed by atoms with Crippen LogP contribution < -0.4 is 4.90 Å². The van der Waals surface area contributed by atoms with Gasteiger partial charge in [-0.15, -0.1) is 0 Å². The Morgan fingerprint density at radius 3 is 1.96 bits per heavy atom. The Hall–Kier alpha value is -1.23. The summed E-state index contributed by atoms with van der Waals surface area (Å²) < 4.78 is 0.970. The second kappa shape index (κ2) is 9.06. The predicted molar refractivity (Wildman–Crippen MR) is 115 cm³/mol. The molecule has 1 amide bonds. The molecule has 3 rings (SSSR count). The first-order chi connectivity index (χ1) is 13.4. The summed E-state index contributed by atoms with van der Waals surface area (Å²) >= 11 is -0.673. The van der Waals surface area contributed by atoms with Gasteiger partial charge < -0.3 is 0 Å². The van der Waals surface area contributed by atoms with Crippen LogP contribution in [0.3, 0.4) is 0 Å². The molecule has 1 atom stereocenters. The van der Waals surface area contributed by atoms with Crippen molar-refractivity contribution in [3.05, 3.63) is 65.2 Å². The van der Waals surface area contributed by atoms with E-state index in [1.807, 2.05) is 23.1 Å². The van der Waals surface area contributed by atoms with E-state index in [2.05, 4.69) is 69.9 Å². The molecule has 0 spiro atoms. The van der Waals surface area contributed by atoms with Gasteiger partial charge in [-0.25, -0.2) is 0 Å². The maximum atomic E-state index is 13.3. The molecular formula is C23H28AuClN2O. The number of hydrogen-bond acceptors (Lipinski definition) is 2. The van der Waals surface area contributed by atoms with Gasteiger partial charge in [0.15, 0.2) is 0 Å². The average molecular weight is 581 g/mol. The molecule has 1 unspecified atom stereocenters. The zero-order valence-electron chi connectivity index (χ0n) is 17.0. The molecule has 28 heavy (non-hydrogen) atoms. The summed E-state index contributed by atoms with van der Waals surface area (Å²) in [7, 11) is 6.53. The van der Waals surface area contributed by atoms with Crippen LogP contribution in [0, 0.1) is 0 Å². The van der Waals surface area contributed by atoms with E-state index < -0.39 is 18.2 Å². The Bertz CT molecular complexity index is 853. The summed E-state index contributed by atoms with van der Waals surface area (Å²) in [5.41, 5.74) is 4.66. The third-order valence-electron chi connectivity index (χ3n) is 5.30. The van der Waals surface area contributed by atoms with E-state index in [0.29, 0.717) is 18.4 Å². The van der Waals surface area contributed by atoms with E-state index in [1.165, 1.54) is 16.7 Å². The summed E-state index contributed by atoms with van der Waals surface area (Å²) in [6.07, 6.45) is 0. The van der Waals surface area contributed by atoms with Gasteiger partial charge in [0, 0.05) is 0 Å². The minimum atomic E-state index is -0.673. The summed E-state index contributed by atoms with van der Waals surface area (Å²) in [6.45, 7) is 11.3. The molecule has 0 radical (unpaired) electrons. The molecule has 2 aromatic rings. The molecule has 0 aromatic heterocycles. The molecule has 154 valence electrons. The van der Waals surface area contributed by atoms with Gasteiger partial charge in [0.2, 0.25) is 0 Å². The van der Waals surface area contributed by atoms with Gasteiger partial charge in [0.1, 0.15) is 0 Å². The summed E-state index contributed by atoms with van der Waals surface area (Å²) in [4.78, 5) is 17.4. The second-order valence-electron chi connectivity index (χ2n) is 7.83. The van der Waals surface area contributed by atoms with Crippen molar-refractivity contribution in [3.8, 4) is 0 Å². The van der Waals surface area contributed by atoms with Crippen molar-refractivity contribution in [2.45, 2.75) is 52.5 Å². The Morgan fingerprint density at radius 2 is 1.46 bits per heavy atom. The number of nitrogens with zero attached hydrogens (tertiary/aromatic N) is 2. The van der Waals surface area contributed by atoms with Crippen molar-refractivity contribution >= 4 is 24.8 Å². The van der Waals surface area contributed by atoms with Gasteiger partial charge >= 0.3 is 182 Å². The Labute approximate surface area is 181 Å². The van der Waals surface area contributed by atoms with Crippen LogP contribution in [0.25, 0.3) is 0 Å². The number of carbonyl (C=O) groups excluding carboxylic acids is 1. The minimum absolute atomic E-state index is 0.105. The average Bonchev–Trinajstić information content (AvgIpc) is 3.03. The van der Waals surface area contributed by atoms with Crippen LogP contribution in [-0.2, 0) is 23.0 Å².